The number of carbonyl (C=O) groups is 9. The van der Waals surface area contributed by atoms with Crippen LogP contribution in [-0.4, -0.2) is 103 Å². The SMILES string of the molecule is CNCCCCC(CC(C)=O)NC(=O)CC(CCC(C)=O)NC(=O)CC(CCC(C)=O)NC(=O)CC(CCC(C)=O)NC(=O)CC(CCC(C)=O)NC. The zero-order valence-electron chi connectivity index (χ0n) is 33.1. The van der Waals surface area contributed by atoms with Gasteiger partial charge in [0.15, 0.2) is 0 Å². The highest BCUT2D eigenvalue weighted by Crippen LogP contribution is 2.12. The second kappa shape index (κ2) is 28.6. The van der Waals surface area contributed by atoms with Crippen molar-refractivity contribution in [1.82, 2.24) is 31.9 Å². The Kier molecular flexibility index (Phi) is 26.5. The van der Waals surface area contributed by atoms with Crippen molar-refractivity contribution in [2.45, 2.75) is 168 Å². The summed E-state index contributed by atoms with van der Waals surface area (Å²) in [7, 11) is 3.54. The van der Waals surface area contributed by atoms with E-state index in [1.54, 1.807) is 7.05 Å². The Morgan fingerprint density at radius 2 is 0.679 bits per heavy atom. The van der Waals surface area contributed by atoms with E-state index >= 15 is 0 Å². The number of carbonyl (C=O) groups excluding carboxylic acids is 9. The zero-order chi connectivity index (χ0) is 40.3. The Labute approximate surface area is 315 Å². The van der Waals surface area contributed by atoms with Crippen LogP contribution in [0.5, 0.6) is 0 Å². The van der Waals surface area contributed by atoms with E-state index < -0.39 is 29.9 Å². The van der Waals surface area contributed by atoms with E-state index in [4.69, 9.17) is 0 Å². The molecule has 5 unspecified atom stereocenters. The van der Waals surface area contributed by atoms with E-state index in [-0.39, 0.29) is 123 Å². The number of amides is 4. The molecule has 0 aromatic carbocycles. The third-order valence-electron chi connectivity index (χ3n) is 8.74. The molecule has 0 saturated carbocycles. The van der Waals surface area contributed by atoms with Gasteiger partial charge in [-0.3, -0.25) is 24.0 Å². The molecule has 0 bridgehead atoms. The number of ketones is 5. The Bertz CT molecular complexity index is 1220. The monoisotopic (exact) mass is 750 g/mol. The van der Waals surface area contributed by atoms with Gasteiger partial charge in [-0.2, -0.15) is 0 Å². The lowest BCUT2D eigenvalue weighted by Crippen LogP contribution is -2.46. The molecule has 0 spiro atoms. The van der Waals surface area contributed by atoms with Crippen LogP contribution >= 0.6 is 0 Å². The lowest BCUT2D eigenvalue weighted by Gasteiger charge is -2.24. The van der Waals surface area contributed by atoms with Gasteiger partial charge in [0.1, 0.15) is 28.9 Å². The van der Waals surface area contributed by atoms with Gasteiger partial charge in [-0.25, -0.2) is 0 Å². The standard InChI is InChI=1S/C38H66N6O9/c1-25(45)11-15-30(40-7)21-35(50)42-32(16-12-26(2)46)23-37(52)44-34(18-14-28(4)48)24-38(53)43-33(17-13-27(3)47)22-36(51)41-31(20-29(5)49)10-8-9-19-39-6/h30-34,39-40H,8-24H2,1-7H3,(H,41,51)(H,42,50)(H,43,53)(H,44,52). The summed E-state index contributed by atoms with van der Waals surface area (Å²) in [6.07, 6.45) is 3.79. The fourth-order valence-electron chi connectivity index (χ4n) is 5.84. The number of Topliss-reactive ketones (excluding diaryl/α,β-unsaturated/α-hetero) is 5. The third kappa shape index (κ3) is 28.3. The van der Waals surface area contributed by atoms with Crippen molar-refractivity contribution in [2.75, 3.05) is 20.6 Å². The molecule has 4 amide bonds. The van der Waals surface area contributed by atoms with Crippen LogP contribution in [0.15, 0.2) is 0 Å². The molecule has 0 fully saturated rings. The highest BCUT2D eigenvalue weighted by molar-refractivity contribution is 5.84. The highest BCUT2D eigenvalue weighted by Gasteiger charge is 2.25. The molecule has 0 radical (unpaired) electrons. The van der Waals surface area contributed by atoms with Crippen molar-refractivity contribution >= 4 is 52.5 Å². The van der Waals surface area contributed by atoms with Gasteiger partial charge in [0, 0.05) is 88.0 Å². The number of hydrogen-bond acceptors (Lipinski definition) is 11. The van der Waals surface area contributed by atoms with Gasteiger partial charge in [0.25, 0.3) is 0 Å². The average molecular weight is 751 g/mol. The number of hydrogen-bond donors (Lipinski definition) is 6. The first kappa shape index (κ1) is 49.1. The Morgan fingerprint density at radius 1 is 0.377 bits per heavy atom. The van der Waals surface area contributed by atoms with E-state index in [0.717, 1.165) is 19.4 Å². The fraction of sp³-hybridized carbons (Fsp3) is 0.763. The summed E-state index contributed by atoms with van der Waals surface area (Å²) in [6, 6.07) is -2.73. The summed E-state index contributed by atoms with van der Waals surface area (Å²) >= 11 is 0. The molecule has 0 aromatic rings. The van der Waals surface area contributed by atoms with Crippen LogP contribution in [0.4, 0.5) is 0 Å². The first-order valence-electron chi connectivity index (χ1n) is 18.9. The van der Waals surface area contributed by atoms with Crippen molar-refractivity contribution in [2.24, 2.45) is 0 Å². The molecule has 0 aromatic heterocycles. The minimum absolute atomic E-state index is 0.00723. The highest BCUT2D eigenvalue weighted by atomic mass is 16.2. The number of nitrogens with one attached hydrogen (secondary N) is 6. The predicted octanol–water partition coefficient (Wildman–Crippen LogP) is 1.92. The maximum Gasteiger partial charge on any atom is 0.222 e. The van der Waals surface area contributed by atoms with Crippen molar-refractivity contribution in [3.05, 3.63) is 0 Å². The topological polar surface area (TPSA) is 226 Å². The first-order valence-corrected chi connectivity index (χ1v) is 18.9. The van der Waals surface area contributed by atoms with Crippen LogP contribution < -0.4 is 31.9 Å². The predicted molar refractivity (Wildman–Crippen MR) is 202 cm³/mol. The van der Waals surface area contributed by atoms with Gasteiger partial charge in [-0.15, -0.1) is 0 Å². The second-order valence-electron chi connectivity index (χ2n) is 14.3. The average Bonchev–Trinajstić information content (AvgIpc) is 3.04. The molecule has 53 heavy (non-hydrogen) atoms. The Balaban J connectivity index is 5.68. The van der Waals surface area contributed by atoms with Crippen LogP contribution in [0, 0.1) is 0 Å². The van der Waals surface area contributed by atoms with Crippen LogP contribution in [-0.2, 0) is 43.2 Å². The van der Waals surface area contributed by atoms with Gasteiger partial charge >= 0.3 is 0 Å². The van der Waals surface area contributed by atoms with Crippen molar-refractivity contribution < 1.29 is 43.2 Å². The fourth-order valence-corrected chi connectivity index (χ4v) is 5.84. The molecule has 5 atom stereocenters. The van der Waals surface area contributed by atoms with Crippen molar-refractivity contribution in [3.63, 3.8) is 0 Å². The smallest absolute Gasteiger partial charge is 0.222 e. The maximum absolute atomic E-state index is 13.3. The second-order valence-corrected chi connectivity index (χ2v) is 14.3. The van der Waals surface area contributed by atoms with Gasteiger partial charge in [0.05, 0.1) is 0 Å². The van der Waals surface area contributed by atoms with E-state index in [0.29, 0.717) is 19.3 Å². The summed E-state index contributed by atoms with van der Waals surface area (Å²) in [5.41, 5.74) is 0. The van der Waals surface area contributed by atoms with E-state index in [1.807, 2.05) is 7.05 Å². The molecule has 0 aliphatic heterocycles. The summed E-state index contributed by atoms with van der Waals surface area (Å²) in [4.78, 5) is 111. The molecule has 15 heteroatoms. The van der Waals surface area contributed by atoms with Crippen LogP contribution in [0.25, 0.3) is 0 Å². The summed E-state index contributed by atoms with van der Waals surface area (Å²) in [6.45, 7) is 7.99. The molecule has 15 nitrogen and oxygen atoms in total. The van der Waals surface area contributed by atoms with Gasteiger partial charge < -0.3 is 51.1 Å². The van der Waals surface area contributed by atoms with Crippen molar-refractivity contribution in [1.29, 1.82) is 0 Å². The molecule has 0 aliphatic rings. The van der Waals surface area contributed by atoms with Gasteiger partial charge in [-0.1, -0.05) is 6.42 Å². The van der Waals surface area contributed by atoms with E-state index in [1.165, 1.54) is 34.6 Å². The molecular weight excluding hydrogens is 684 g/mol. The molecule has 0 aliphatic carbocycles. The van der Waals surface area contributed by atoms with Gasteiger partial charge in [0.2, 0.25) is 23.6 Å². The Morgan fingerprint density at radius 3 is 0.962 bits per heavy atom. The molecular formula is C38H66N6O9. The minimum Gasteiger partial charge on any atom is -0.353 e. The lowest BCUT2D eigenvalue weighted by molar-refractivity contribution is -0.127. The summed E-state index contributed by atoms with van der Waals surface area (Å²) < 4.78 is 0. The normalized spacial score (nSPS) is 13.8. The zero-order valence-corrected chi connectivity index (χ0v) is 33.1. The Hall–Kier alpha value is -3.85. The van der Waals surface area contributed by atoms with Gasteiger partial charge in [-0.05, 0) is 93.8 Å². The van der Waals surface area contributed by atoms with E-state index in [9.17, 15) is 43.2 Å². The first-order chi connectivity index (χ1) is 24.9. The molecule has 0 saturated heterocycles. The number of unbranched alkanes of at least 4 members (excludes halogenated alkanes) is 1. The van der Waals surface area contributed by atoms with Crippen molar-refractivity contribution in [3.8, 4) is 0 Å². The van der Waals surface area contributed by atoms with Crippen LogP contribution in [0.2, 0.25) is 0 Å². The van der Waals surface area contributed by atoms with Crippen LogP contribution in [0.3, 0.4) is 0 Å². The molecule has 0 heterocycles. The van der Waals surface area contributed by atoms with E-state index in [2.05, 4.69) is 31.9 Å². The molecule has 6 N–H and O–H groups in total. The number of rotatable bonds is 32. The summed E-state index contributed by atoms with van der Waals surface area (Å²) in [5.74, 6) is -2.09. The quantitative estimate of drug-likeness (QED) is 0.0545. The largest absolute Gasteiger partial charge is 0.353 e. The van der Waals surface area contributed by atoms with Crippen LogP contribution in [0.1, 0.15) is 137 Å². The minimum atomic E-state index is -0.754. The third-order valence-corrected chi connectivity index (χ3v) is 8.74. The maximum atomic E-state index is 13.3. The lowest BCUT2D eigenvalue weighted by atomic mass is 10.0. The summed E-state index contributed by atoms with van der Waals surface area (Å²) in [5, 5.41) is 17.5. The molecule has 0 rings (SSSR count). The molecule has 302 valence electrons.